The fourth-order valence-electron chi connectivity index (χ4n) is 2.85. The normalized spacial score (nSPS) is 10.8. The van der Waals surface area contributed by atoms with Gasteiger partial charge in [-0.15, -0.1) is 0 Å². The predicted molar refractivity (Wildman–Crippen MR) is 94.0 cm³/mol. The SMILES string of the molecule is O=C(Nc1cn[nH]c1)c1cc2ccccc2n1Cc1ccccc1. The van der Waals surface area contributed by atoms with Crippen molar-refractivity contribution in [2.75, 3.05) is 5.32 Å². The average Bonchev–Trinajstić information content (AvgIpc) is 3.24. The van der Waals surface area contributed by atoms with E-state index < -0.39 is 0 Å². The van der Waals surface area contributed by atoms with Crippen LogP contribution < -0.4 is 5.32 Å². The van der Waals surface area contributed by atoms with E-state index in [-0.39, 0.29) is 5.91 Å². The first kappa shape index (κ1) is 14.3. The number of hydrogen-bond acceptors (Lipinski definition) is 2. The zero-order valence-corrected chi connectivity index (χ0v) is 12.9. The van der Waals surface area contributed by atoms with Gasteiger partial charge in [-0.1, -0.05) is 48.5 Å². The van der Waals surface area contributed by atoms with Crippen LogP contribution in [-0.4, -0.2) is 20.7 Å². The summed E-state index contributed by atoms with van der Waals surface area (Å²) in [5.41, 5.74) is 3.47. The van der Waals surface area contributed by atoms with Crippen molar-refractivity contribution in [1.82, 2.24) is 14.8 Å². The van der Waals surface area contributed by atoms with E-state index in [2.05, 4.69) is 27.6 Å². The molecule has 2 heterocycles. The Kier molecular flexibility index (Phi) is 3.59. The zero-order chi connectivity index (χ0) is 16.4. The van der Waals surface area contributed by atoms with E-state index in [4.69, 9.17) is 0 Å². The van der Waals surface area contributed by atoms with Crippen molar-refractivity contribution < 1.29 is 4.79 Å². The molecule has 118 valence electrons. The number of rotatable bonds is 4. The molecule has 4 rings (SSSR count). The number of fused-ring (bicyclic) bond motifs is 1. The average molecular weight is 316 g/mol. The summed E-state index contributed by atoms with van der Waals surface area (Å²) < 4.78 is 2.04. The van der Waals surface area contributed by atoms with Gasteiger partial charge in [0.2, 0.25) is 0 Å². The van der Waals surface area contributed by atoms with Crippen LogP contribution in [0.2, 0.25) is 0 Å². The number of H-pyrrole nitrogens is 1. The molecule has 0 fully saturated rings. The molecule has 24 heavy (non-hydrogen) atoms. The Labute approximate surface area is 138 Å². The Hall–Kier alpha value is -3.34. The van der Waals surface area contributed by atoms with Crippen molar-refractivity contribution >= 4 is 22.5 Å². The van der Waals surface area contributed by atoms with Gasteiger partial charge in [-0.2, -0.15) is 5.10 Å². The van der Waals surface area contributed by atoms with Gasteiger partial charge < -0.3 is 9.88 Å². The van der Waals surface area contributed by atoms with Crippen molar-refractivity contribution in [2.45, 2.75) is 6.54 Å². The highest BCUT2D eigenvalue weighted by Gasteiger charge is 2.16. The molecule has 1 amide bonds. The smallest absolute Gasteiger partial charge is 0.272 e. The second-order valence-electron chi connectivity index (χ2n) is 5.60. The summed E-state index contributed by atoms with van der Waals surface area (Å²) in [7, 11) is 0. The lowest BCUT2D eigenvalue weighted by molar-refractivity contribution is 0.101. The van der Waals surface area contributed by atoms with Crippen molar-refractivity contribution in [3.05, 3.63) is 84.3 Å². The number of para-hydroxylation sites is 1. The van der Waals surface area contributed by atoms with Crippen LogP contribution >= 0.6 is 0 Å². The summed E-state index contributed by atoms with van der Waals surface area (Å²) in [5.74, 6) is -0.150. The fraction of sp³-hybridized carbons (Fsp3) is 0.0526. The maximum atomic E-state index is 12.7. The largest absolute Gasteiger partial charge is 0.332 e. The molecule has 0 radical (unpaired) electrons. The molecule has 2 N–H and O–H groups in total. The van der Waals surface area contributed by atoms with Crippen LogP contribution in [0.25, 0.3) is 10.9 Å². The van der Waals surface area contributed by atoms with E-state index in [0.29, 0.717) is 17.9 Å². The molecule has 0 saturated heterocycles. The van der Waals surface area contributed by atoms with Crippen LogP contribution in [0.15, 0.2) is 73.1 Å². The molecule has 0 aliphatic heterocycles. The number of nitrogens with one attached hydrogen (secondary N) is 2. The van der Waals surface area contributed by atoms with E-state index in [0.717, 1.165) is 16.5 Å². The van der Waals surface area contributed by atoms with Gasteiger partial charge in [0.15, 0.2) is 0 Å². The molecule has 0 atom stereocenters. The number of nitrogens with zero attached hydrogens (tertiary/aromatic N) is 2. The topological polar surface area (TPSA) is 62.7 Å². The minimum absolute atomic E-state index is 0.150. The van der Waals surface area contributed by atoms with Gasteiger partial charge in [0.25, 0.3) is 5.91 Å². The van der Waals surface area contributed by atoms with Gasteiger partial charge in [-0.25, -0.2) is 0 Å². The Morgan fingerprint density at radius 1 is 1.08 bits per heavy atom. The van der Waals surface area contributed by atoms with Crippen LogP contribution in [0.5, 0.6) is 0 Å². The van der Waals surface area contributed by atoms with Gasteiger partial charge in [0, 0.05) is 23.6 Å². The standard InChI is InChI=1S/C19H16N4O/c24-19(22-16-11-20-21-12-16)18-10-15-8-4-5-9-17(15)23(18)13-14-6-2-1-3-7-14/h1-12H,13H2,(H,20,21)(H,22,24). The maximum Gasteiger partial charge on any atom is 0.272 e. The minimum atomic E-state index is -0.150. The number of aromatic amines is 1. The quantitative estimate of drug-likeness (QED) is 0.603. The first-order valence-corrected chi connectivity index (χ1v) is 7.73. The third-order valence-corrected chi connectivity index (χ3v) is 3.98. The maximum absolute atomic E-state index is 12.7. The molecule has 5 nitrogen and oxygen atoms in total. The number of aromatic nitrogens is 3. The Morgan fingerprint density at radius 3 is 2.67 bits per heavy atom. The highest BCUT2D eigenvalue weighted by atomic mass is 16.2. The first-order chi connectivity index (χ1) is 11.8. The van der Waals surface area contributed by atoms with Crippen molar-refractivity contribution in [3.63, 3.8) is 0 Å². The summed E-state index contributed by atoms with van der Waals surface area (Å²) in [4.78, 5) is 12.7. The third kappa shape index (κ3) is 2.67. The van der Waals surface area contributed by atoms with Crippen LogP contribution in [0.1, 0.15) is 16.1 Å². The highest BCUT2D eigenvalue weighted by molar-refractivity contribution is 6.06. The molecule has 0 bridgehead atoms. The van der Waals surface area contributed by atoms with Gasteiger partial charge in [0.05, 0.1) is 11.9 Å². The summed E-state index contributed by atoms with van der Waals surface area (Å²) in [6.07, 6.45) is 3.24. The molecule has 0 unspecified atom stereocenters. The molecule has 2 aromatic heterocycles. The van der Waals surface area contributed by atoms with Crippen LogP contribution in [0.3, 0.4) is 0 Å². The molecule has 0 aliphatic carbocycles. The van der Waals surface area contributed by atoms with Gasteiger partial charge in [0.1, 0.15) is 5.69 Å². The lowest BCUT2D eigenvalue weighted by atomic mass is 10.2. The molecular formula is C19H16N4O. The van der Waals surface area contributed by atoms with E-state index >= 15 is 0 Å². The Balaban J connectivity index is 1.76. The van der Waals surface area contributed by atoms with Crippen LogP contribution in [0, 0.1) is 0 Å². The number of anilines is 1. The number of carbonyl (C=O) groups excluding carboxylic acids is 1. The number of hydrogen-bond donors (Lipinski definition) is 2. The van der Waals surface area contributed by atoms with Crippen LogP contribution in [0.4, 0.5) is 5.69 Å². The first-order valence-electron chi connectivity index (χ1n) is 7.73. The Morgan fingerprint density at radius 2 is 1.88 bits per heavy atom. The van der Waals surface area contributed by atoms with E-state index in [1.807, 2.05) is 53.1 Å². The third-order valence-electron chi connectivity index (χ3n) is 3.98. The van der Waals surface area contributed by atoms with Gasteiger partial charge in [-0.3, -0.25) is 9.89 Å². The van der Waals surface area contributed by atoms with E-state index in [1.54, 1.807) is 12.4 Å². The predicted octanol–water partition coefficient (Wildman–Crippen LogP) is 3.67. The highest BCUT2D eigenvalue weighted by Crippen LogP contribution is 2.22. The summed E-state index contributed by atoms with van der Waals surface area (Å²) in [5, 5.41) is 10.5. The van der Waals surface area contributed by atoms with Crippen molar-refractivity contribution in [1.29, 1.82) is 0 Å². The molecular weight excluding hydrogens is 300 g/mol. The second-order valence-corrected chi connectivity index (χ2v) is 5.60. The van der Waals surface area contributed by atoms with Crippen LogP contribution in [-0.2, 0) is 6.54 Å². The van der Waals surface area contributed by atoms with Crippen molar-refractivity contribution in [3.8, 4) is 0 Å². The minimum Gasteiger partial charge on any atom is -0.332 e. The lowest BCUT2D eigenvalue weighted by Gasteiger charge is -2.11. The van der Waals surface area contributed by atoms with Gasteiger partial charge in [-0.05, 0) is 17.7 Å². The second kappa shape index (κ2) is 6.04. The molecule has 5 heteroatoms. The van der Waals surface area contributed by atoms with Crippen molar-refractivity contribution in [2.24, 2.45) is 0 Å². The Bertz CT molecular complexity index is 971. The number of amides is 1. The van der Waals surface area contributed by atoms with E-state index in [9.17, 15) is 4.79 Å². The molecule has 2 aromatic carbocycles. The van der Waals surface area contributed by atoms with Gasteiger partial charge >= 0.3 is 0 Å². The molecule has 0 saturated carbocycles. The zero-order valence-electron chi connectivity index (χ0n) is 12.9. The van der Waals surface area contributed by atoms with E-state index in [1.165, 1.54) is 0 Å². The monoisotopic (exact) mass is 316 g/mol. The number of carbonyl (C=O) groups is 1. The lowest BCUT2D eigenvalue weighted by Crippen LogP contribution is -2.17. The molecule has 4 aromatic rings. The number of benzene rings is 2. The fourth-order valence-corrected chi connectivity index (χ4v) is 2.85. The summed E-state index contributed by atoms with van der Waals surface area (Å²) >= 11 is 0. The molecule has 0 aliphatic rings. The molecule has 0 spiro atoms. The summed E-state index contributed by atoms with van der Waals surface area (Å²) in [6, 6.07) is 20.1. The summed E-state index contributed by atoms with van der Waals surface area (Å²) in [6.45, 7) is 0.641.